The average Bonchev–Trinajstić information content (AvgIpc) is 3.35. The Labute approximate surface area is 170 Å². The van der Waals surface area contributed by atoms with Gasteiger partial charge in [-0.2, -0.15) is 0 Å². The van der Waals surface area contributed by atoms with Crippen LogP contribution in [0.4, 0.5) is 0 Å². The highest BCUT2D eigenvalue weighted by atomic mass is 16.5. The third-order valence-corrected chi connectivity index (χ3v) is 6.11. The van der Waals surface area contributed by atoms with Gasteiger partial charge in [-0.25, -0.2) is 0 Å². The number of rotatable bonds is 6. The van der Waals surface area contributed by atoms with Gasteiger partial charge in [-0.15, -0.1) is 0 Å². The van der Waals surface area contributed by atoms with E-state index in [-0.39, 0.29) is 24.4 Å². The van der Waals surface area contributed by atoms with Gasteiger partial charge in [0.2, 0.25) is 11.7 Å². The molecule has 29 heavy (non-hydrogen) atoms. The Morgan fingerprint density at radius 1 is 1.14 bits per heavy atom. The van der Waals surface area contributed by atoms with Crippen LogP contribution in [0.5, 0.6) is 17.2 Å². The van der Waals surface area contributed by atoms with E-state index in [0.29, 0.717) is 35.9 Å². The summed E-state index contributed by atoms with van der Waals surface area (Å²) in [6.07, 6.45) is 4.61. The first-order valence-corrected chi connectivity index (χ1v) is 9.85. The second-order valence-electron chi connectivity index (χ2n) is 7.81. The smallest absolute Gasteiger partial charge is 0.227 e. The zero-order chi connectivity index (χ0) is 20.6. The summed E-state index contributed by atoms with van der Waals surface area (Å²) in [5, 5.41) is 11.1. The Morgan fingerprint density at radius 3 is 2.24 bits per heavy atom. The highest BCUT2D eigenvalue weighted by molar-refractivity contribution is 5.80. The van der Waals surface area contributed by atoms with Gasteiger partial charge < -0.3 is 28.6 Å². The molecular weight excluding hydrogens is 374 g/mol. The molecule has 4 rings (SSSR count). The van der Waals surface area contributed by atoms with Crippen molar-refractivity contribution in [3.8, 4) is 17.2 Å². The lowest BCUT2D eigenvalue weighted by Crippen LogP contribution is -2.52. The molecule has 0 saturated carbocycles. The van der Waals surface area contributed by atoms with Crippen molar-refractivity contribution in [2.24, 2.45) is 0 Å². The normalized spacial score (nSPS) is 25.7. The van der Waals surface area contributed by atoms with Crippen LogP contribution in [0.2, 0.25) is 0 Å². The lowest BCUT2D eigenvalue weighted by molar-refractivity contribution is -0.142. The molecule has 1 aromatic heterocycles. The van der Waals surface area contributed by atoms with Crippen LogP contribution in [0.3, 0.4) is 0 Å². The average molecular weight is 401 g/mol. The zero-order valence-electron chi connectivity index (χ0n) is 17.0. The highest BCUT2D eigenvalue weighted by Gasteiger charge is 2.51. The van der Waals surface area contributed by atoms with Crippen LogP contribution >= 0.6 is 0 Å². The lowest BCUT2D eigenvalue weighted by Gasteiger charge is -2.43. The number of methoxy groups -OCH3 is 3. The molecule has 0 spiro atoms. The Balaban J connectivity index is 1.53. The minimum Gasteiger partial charge on any atom is -0.493 e. The number of piperidine rings is 1. The molecule has 1 amide bonds. The molecule has 1 aromatic carbocycles. The van der Waals surface area contributed by atoms with Crippen molar-refractivity contribution in [2.45, 2.75) is 49.8 Å². The number of carbonyl (C=O) groups excluding carboxylic acids is 1. The third-order valence-electron chi connectivity index (χ3n) is 6.11. The maximum absolute atomic E-state index is 13.2. The van der Waals surface area contributed by atoms with Crippen molar-refractivity contribution in [3.05, 3.63) is 41.9 Å². The van der Waals surface area contributed by atoms with E-state index in [4.69, 9.17) is 18.6 Å². The fourth-order valence-corrected chi connectivity index (χ4v) is 4.88. The van der Waals surface area contributed by atoms with E-state index in [2.05, 4.69) is 0 Å². The molecule has 3 heterocycles. The van der Waals surface area contributed by atoms with Crippen molar-refractivity contribution in [2.75, 3.05) is 21.3 Å². The zero-order valence-corrected chi connectivity index (χ0v) is 17.0. The van der Waals surface area contributed by atoms with Gasteiger partial charge in [0.1, 0.15) is 11.4 Å². The monoisotopic (exact) mass is 401 g/mol. The molecule has 2 fully saturated rings. The largest absolute Gasteiger partial charge is 0.493 e. The first kappa shape index (κ1) is 19.6. The topological polar surface area (TPSA) is 81.4 Å². The number of furan rings is 1. The van der Waals surface area contributed by atoms with E-state index in [1.165, 1.54) is 0 Å². The molecule has 0 radical (unpaired) electrons. The summed E-state index contributed by atoms with van der Waals surface area (Å²) in [5.74, 6) is 2.21. The van der Waals surface area contributed by atoms with Gasteiger partial charge in [-0.1, -0.05) is 0 Å². The molecule has 2 aliphatic rings. The predicted molar refractivity (Wildman–Crippen MR) is 105 cm³/mol. The third kappa shape index (κ3) is 3.44. The number of fused-ring (bicyclic) bond motifs is 2. The molecule has 2 saturated heterocycles. The van der Waals surface area contributed by atoms with Gasteiger partial charge in [0.25, 0.3) is 0 Å². The number of amides is 1. The summed E-state index contributed by atoms with van der Waals surface area (Å²) >= 11 is 0. The van der Waals surface area contributed by atoms with Gasteiger partial charge in [-0.3, -0.25) is 4.79 Å². The number of hydrogen-bond donors (Lipinski definition) is 1. The quantitative estimate of drug-likeness (QED) is 0.802. The number of ether oxygens (including phenoxy) is 3. The maximum atomic E-state index is 13.2. The molecule has 2 atom stereocenters. The van der Waals surface area contributed by atoms with Gasteiger partial charge in [-0.05, 0) is 42.7 Å². The van der Waals surface area contributed by atoms with Crippen LogP contribution in [-0.2, 0) is 16.8 Å². The minimum absolute atomic E-state index is 0.0124. The van der Waals surface area contributed by atoms with E-state index in [1.54, 1.807) is 33.7 Å². The molecule has 2 aromatic rings. The van der Waals surface area contributed by atoms with E-state index in [9.17, 15) is 9.90 Å². The van der Waals surface area contributed by atoms with Crippen molar-refractivity contribution >= 4 is 5.91 Å². The molecule has 7 heteroatoms. The number of benzene rings is 1. The van der Waals surface area contributed by atoms with Crippen LogP contribution in [0.1, 0.15) is 37.0 Å². The van der Waals surface area contributed by atoms with Gasteiger partial charge in [0, 0.05) is 24.9 Å². The van der Waals surface area contributed by atoms with Crippen LogP contribution in [0.15, 0.2) is 34.9 Å². The molecule has 1 N–H and O–H groups in total. The summed E-state index contributed by atoms with van der Waals surface area (Å²) in [6.45, 7) is 0. The molecule has 2 aliphatic heterocycles. The molecule has 2 bridgehead atoms. The predicted octanol–water partition coefficient (Wildman–Crippen LogP) is 2.89. The van der Waals surface area contributed by atoms with Crippen LogP contribution in [0.25, 0.3) is 0 Å². The summed E-state index contributed by atoms with van der Waals surface area (Å²) < 4.78 is 21.6. The first-order chi connectivity index (χ1) is 14.0. The van der Waals surface area contributed by atoms with Crippen molar-refractivity contribution in [1.29, 1.82) is 0 Å². The Kier molecular flexibility index (Phi) is 5.17. The van der Waals surface area contributed by atoms with Crippen LogP contribution < -0.4 is 14.2 Å². The number of aliphatic hydroxyl groups is 1. The van der Waals surface area contributed by atoms with Crippen LogP contribution in [-0.4, -0.2) is 49.3 Å². The Bertz CT molecular complexity index is 838. The van der Waals surface area contributed by atoms with E-state index >= 15 is 0 Å². The van der Waals surface area contributed by atoms with Gasteiger partial charge in [0.05, 0.1) is 34.0 Å². The highest BCUT2D eigenvalue weighted by Crippen LogP contribution is 2.46. The number of nitrogens with zero attached hydrogens (tertiary/aromatic N) is 1. The van der Waals surface area contributed by atoms with E-state index in [1.807, 2.05) is 23.1 Å². The van der Waals surface area contributed by atoms with Crippen molar-refractivity contribution < 1.29 is 28.5 Å². The standard InChI is InChI=1S/C22H27NO6/c1-26-17-9-14(10-18(27-2)21(17)28-3)11-20(24)23-15-6-7-16(23)13-22(25,12-15)19-5-4-8-29-19/h4-5,8-10,15-16,25H,6-7,11-13H2,1-3H3. The minimum atomic E-state index is -1.00. The number of hydrogen-bond acceptors (Lipinski definition) is 6. The second-order valence-corrected chi connectivity index (χ2v) is 7.81. The molecule has 7 nitrogen and oxygen atoms in total. The SMILES string of the molecule is COc1cc(CC(=O)N2C3CCC2CC(O)(c2ccco2)C3)cc(OC)c1OC. The van der Waals surface area contributed by atoms with Crippen LogP contribution in [0, 0.1) is 0 Å². The fraction of sp³-hybridized carbons (Fsp3) is 0.500. The van der Waals surface area contributed by atoms with Gasteiger partial charge >= 0.3 is 0 Å². The molecule has 156 valence electrons. The molecular formula is C22H27NO6. The molecule has 0 aliphatic carbocycles. The summed E-state index contributed by atoms with van der Waals surface area (Å²) in [4.78, 5) is 15.1. The Morgan fingerprint density at radius 2 is 1.76 bits per heavy atom. The lowest BCUT2D eigenvalue weighted by atomic mass is 9.84. The first-order valence-electron chi connectivity index (χ1n) is 9.85. The summed E-state index contributed by atoms with van der Waals surface area (Å²) in [6, 6.07) is 7.25. The van der Waals surface area contributed by atoms with Crippen molar-refractivity contribution in [1.82, 2.24) is 4.90 Å². The summed E-state index contributed by atoms with van der Waals surface area (Å²) in [7, 11) is 4.67. The summed E-state index contributed by atoms with van der Waals surface area (Å²) in [5.41, 5.74) is -0.200. The maximum Gasteiger partial charge on any atom is 0.227 e. The number of carbonyl (C=O) groups is 1. The van der Waals surface area contributed by atoms with Crippen molar-refractivity contribution in [3.63, 3.8) is 0 Å². The van der Waals surface area contributed by atoms with Gasteiger partial charge in [0.15, 0.2) is 11.5 Å². The Hall–Kier alpha value is -2.67. The molecule has 2 unspecified atom stereocenters. The van der Waals surface area contributed by atoms with E-state index in [0.717, 1.165) is 18.4 Å². The fourth-order valence-electron chi connectivity index (χ4n) is 4.88. The van der Waals surface area contributed by atoms with E-state index < -0.39 is 5.60 Å². The second kappa shape index (κ2) is 7.63.